The Morgan fingerprint density at radius 1 is 0.458 bits per heavy atom. The normalized spacial score (nSPS) is 13.8. The minimum Gasteiger partial charge on any atom is -0.391 e. The van der Waals surface area contributed by atoms with Gasteiger partial charge in [-0.3, -0.25) is 13.8 Å². The van der Waals surface area contributed by atoms with Gasteiger partial charge in [-0.05, 0) is 38.5 Å². The van der Waals surface area contributed by atoms with Crippen LogP contribution in [0, 0.1) is 0 Å². The molecule has 0 rings (SSSR count). The lowest BCUT2D eigenvalue weighted by Crippen LogP contribution is -2.46. The number of hydrogen-bond donors (Lipinski definition) is 3. The Hall–Kier alpha value is -0.760. The summed E-state index contributed by atoms with van der Waals surface area (Å²) in [5, 5.41) is 14.1. The summed E-state index contributed by atoms with van der Waals surface area (Å²) in [7, 11) is 1.63. The van der Waals surface area contributed by atoms with E-state index in [0.717, 1.165) is 38.5 Å². The molecule has 72 heavy (non-hydrogen) atoms. The molecule has 0 fully saturated rings. The van der Waals surface area contributed by atoms with Crippen LogP contribution >= 0.6 is 7.82 Å². The number of aliphatic hydroxyl groups is 1. The lowest BCUT2D eigenvalue weighted by molar-refractivity contribution is -0.870. The summed E-state index contributed by atoms with van der Waals surface area (Å²) in [5.74, 6) is -0.140. The minimum absolute atomic E-state index is 0.0770. The highest BCUT2D eigenvalue weighted by molar-refractivity contribution is 7.47. The molecule has 9 heteroatoms. The van der Waals surface area contributed by atoms with Gasteiger partial charge in [0.05, 0.1) is 39.9 Å². The molecule has 3 N–H and O–H groups in total. The summed E-state index contributed by atoms with van der Waals surface area (Å²) in [6, 6.07) is -0.760. The van der Waals surface area contributed by atoms with Crippen molar-refractivity contribution in [1.29, 1.82) is 0 Å². The van der Waals surface area contributed by atoms with E-state index < -0.39 is 20.0 Å². The average Bonchev–Trinajstić information content (AvgIpc) is 3.34. The van der Waals surface area contributed by atoms with Crippen molar-refractivity contribution in [3.63, 3.8) is 0 Å². The predicted octanol–water partition coefficient (Wildman–Crippen LogP) is 19.8. The van der Waals surface area contributed by atoms with E-state index in [1.807, 2.05) is 21.1 Å². The van der Waals surface area contributed by atoms with Crippen LogP contribution in [0.25, 0.3) is 0 Å². The van der Waals surface area contributed by atoms with Crippen LogP contribution in [-0.2, 0) is 18.4 Å². The first-order chi connectivity index (χ1) is 35.0. The number of rotatable bonds is 60. The first kappa shape index (κ1) is 71.2. The molecule has 0 aromatic carbocycles. The highest BCUT2D eigenvalue weighted by Crippen LogP contribution is 2.43. The van der Waals surface area contributed by atoms with Gasteiger partial charge in [0.2, 0.25) is 5.91 Å². The molecule has 0 saturated carbocycles. The van der Waals surface area contributed by atoms with Crippen molar-refractivity contribution >= 4 is 13.7 Å². The number of nitrogens with zero attached hydrogens (tertiary/aromatic N) is 1. The van der Waals surface area contributed by atoms with Gasteiger partial charge in [-0.2, -0.15) is 0 Å². The predicted molar refractivity (Wildman–Crippen MR) is 314 cm³/mol. The fourth-order valence-corrected chi connectivity index (χ4v) is 10.7. The van der Waals surface area contributed by atoms with Crippen LogP contribution in [0.15, 0.2) is 12.2 Å². The van der Waals surface area contributed by atoms with Crippen LogP contribution in [0.1, 0.15) is 335 Å². The quantitative estimate of drug-likeness (QED) is 0.0243. The Labute approximate surface area is 450 Å². The molecular formula is C63H128N2O6P+. The summed E-state index contributed by atoms with van der Waals surface area (Å²) in [6.45, 7) is 4.95. The largest absolute Gasteiger partial charge is 0.472 e. The number of aliphatic hydroxyl groups excluding tert-OH is 1. The molecule has 3 unspecified atom stereocenters. The van der Waals surface area contributed by atoms with Gasteiger partial charge in [0.1, 0.15) is 13.2 Å². The summed E-state index contributed by atoms with van der Waals surface area (Å²) in [5.41, 5.74) is 0. The van der Waals surface area contributed by atoms with E-state index in [4.69, 9.17) is 9.05 Å². The number of phosphoric acid groups is 1. The van der Waals surface area contributed by atoms with Crippen molar-refractivity contribution in [2.45, 2.75) is 347 Å². The molecular weight excluding hydrogens is 912 g/mol. The fraction of sp³-hybridized carbons (Fsp3) is 0.952. The molecule has 0 bridgehead atoms. The number of allylic oxidation sites excluding steroid dienone is 2. The highest BCUT2D eigenvalue weighted by atomic mass is 31.2. The number of phosphoric ester groups is 1. The maximum atomic E-state index is 13.0. The molecule has 8 nitrogen and oxygen atoms in total. The van der Waals surface area contributed by atoms with Crippen molar-refractivity contribution in [2.24, 2.45) is 0 Å². The van der Waals surface area contributed by atoms with Crippen LogP contribution in [-0.4, -0.2) is 73.4 Å². The van der Waals surface area contributed by atoms with Crippen molar-refractivity contribution in [2.75, 3.05) is 40.9 Å². The van der Waals surface area contributed by atoms with Gasteiger partial charge in [0.25, 0.3) is 0 Å². The number of likely N-dealkylation sites (N-methyl/N-ethyl adjacent to an activating group) is 1. The van der Waals surface area contributed by atoms with Gasteiger partial charge in [-0.1, -0.05) is 302 Å². The van der Waals surface area contributed by atoms with E-state index in [-0.39, 0.29) is 19.1 Å². The van der Waals surface area contributed by atoms with E-state index in [0.29, 0.717) is 23.9 Å². The Bertz CT molecular complexity index is 1180. The molecule has 0 heterocycles. The van der Waals surface area contributed by atoms with E-state index in [9.17, 15) is 19.4 Å². The smallest absolute Gasteiger partial charge is 0.391 e. The summed E-state index contributed by atoms with van der Waals surface area (Å²) in [6.07, 6.45) is 68.6. The third-order valence-electron chi connectivity index (χ3n) is 15.0. The maximum absolute atomic E-state index is 13.0. The molecule has 0 aliphatic carbocycles. The molecule has 3 atom stereocenters. The van der Waals surface area contributed by atoms with Crippen LogP contribution in [0.4, 0.5) is 0 Å². The van der Waals surface area contributed by atoms with Gasteiger partial charge < -0.3 is 19.8 Å². The van der Waals surface area contributed by atoms with Crippen molar-refractivity contribution in [3.05, 3.63) is 12.2 Å². The van der Waals surface area contributed by atoms with Crippen LogP contribution in [0.2, 0.25) is 0 Å². The minimum atomic E-state index is -4.32. The zero-order chi connectivity index (χ0) is 52.7. The molecule has 0 aliphatic rings. The Kier molecular flexibility index (Phi) is 54.4. The topological polar surface area (TPSA) is 105 Å². The average molecular weight is 1040 g/mol. The molecule has 0 spiro atoms. The Morgan fingerprint density at radius 3 is 1.07 bits per heavy atom. The molecule has 0 aliphatic heterocycles. The lowest BCUT2D eigenvalue weighted by Gasteiger charge is -2.26. The lowest BCUT2D eigenvalue weighted by atomic mass is 10.0. The SMILES string of the molecule is CCCCCCCCCCCCCC/C=C\CCCCCCCCCCCC(=O)NC(COP(=O)(O)OCC[N+](C)(C)C)C(O)CCCCCCCCCCCCCCCCCCCCCCCCCCC. The van der Waals surface area contributed by atoms with E-state index in [2.05, 4.69) is 31.3 Å². The summed E-state index contributed by atoms with van der Waals surface area (Å²) < 4.78 is 23.9. The van der Waals surface area contributed by atoms with Crippen LogP contribution in [0.5, 0.6) is 0 Å². The second-order valence-corrected chi connectivity index (χ2v) is 25.0. The van der Waals surface area contributed by atoms with Gasteiger partial charge in [-0.15, -0.1) is 0 Å². The number of nitrogens with one attached hydrogen (secondary N) is 1. The first-order valence-corrected chi connectivity index (χ1v) is 33.5. The third kappa shape index (κ3) is 57.0. The monoisotopic (exact) mass is 1040 g/mol. The number of carbonyl (C=O) groups excluding carboxylic acids is 1. The maximum Gasteiger partial charge on any atom is 0.472 e. The molecule has 0 aromatic heterocycles. The number of hydrogen-bond acceptors (Lipinski definition) is 5. The molecule has 0 radical (unpaired) electrons. The van der Waals surface area contributed by atoms with Crippen molar-refractivity contribution < 1.29 is 32.9 Å². The van der Waals surface area contributed by atoms with Gasteiger partial charge in [0, 0.05) is 6.42 Å². The van der Waals surface area contributed by atoms with Crippen LogP contribution < -0.4 is 5.32 Å². The Morgan fingerprint density at radius 2 is 0.750 bits per heavy atom. The molecule has 0 saturated heterocycles. The van der Waals surface area contributed by atoms with E-state index >= 15 is 0 Å². The second kappa shape index (κ2) is 55.0. The molecule has 430 valence electrons. The van der Waals surface area contributed by atoms with Crippen molar-refractivity contribution in [1.82, 2.24) is 5.32 Å². The van der Waals surface area contributed by atoms with Gasteiger partial charge in [0.15, 0.2) is 0 Å². The Balaban J connectivity index is 4.08. The number of carbonyl (C=O) groups is 1. The third-order valence-corrected chi connectivity index (χ3v) is 16.0. The molecule has 1 amide bonds. The zero-order valence-electron chi connectivity index (χ0n) is 49.2. The summed E-state index contributed by atoms with van der Waals surface area (Å²) >= 11 is 0. The summed E-state index contributed by atoms with van der Waals surface area (Å²) in [4.78, 5) is 23.4. The second-order valence-electron chi connectivity index (χ2n) is 23.5. The standard InChI is InChI=1S/C63H127N2O6P/c1-6-8-10-12-14-16-18-20-22-24-26-28-30-32-34-36-38-40-42-44-46-48-50-52-54-56-62(66)61(60-71-72(68,69)70-59-58-65(3,4)5)64-63(67)57-55-53-51-49-47-45-43-41-39-37-35-33-31-29-27-25-23-21-19-17-15-13-11-9-7-2/h33,35,61-62,66H,6-32,34,36-60H2,1-5H3,(H-,64,67,68,69)/p+1/b35-33-. The molecule has 0 aromatic rings. The number of quaternary nitrogens is 1. The van der Waals surface area contributed by atoms with Gasteiger partial charge >= 0.3 is 7.82 Å². The highest BCUT2D eigenvalue weighted by Gasteiger charge is 2.28. The van der Waals surface area contributed by atoms with E-state index in [1.165, 1.54) is 270 Å². The van der Waals surface area contributed by atoms with Gasteiger partial charge in [-0.25, -0.2) is 4.57 Å². The van der Waals surface area contributed by atoms with Crippen molar-refractivity contribution in [3.8, 4) is 0 Å². The number of amides is 1. The first-order valence-electron chi connectivity index (χ1n) is 32.1. The number of unbranched alkanes of at least 4 members (excludes halogenated alkanes) is 45. The zero-order valence-corrected chi connectivity index (χ0v) is 50.1. The fourth-order valence-electron chi connectivity index (χ4n) is 9.99. The van der Waals surface area contributed by atoms with E-state index in [1.54, 1.807) is 0 Å². The van der Waals surface area contributed by atoms with Crippen LogP contribution in [0.3, 0.4) is 0 Å².